The van der Waals surface area contributed by atoms with Crippen molar-refractivity contribution in [3.05, 3.63) is 30.5 Å². The summed E-state index contributed by atoms with van der Waals surface area (Å²) >= 11 is 0. The molecule has 1 aliphatic heterocycles. The van der Waals surface area contributed by atoms with Crippen LogP contribution in [0.1, 0.15) is 52.0 Å². The van der Waals surface area contributed by atoms with Crippen molar-refractivity contribution in [2.24, 2.45) is 0 Å². The maximum Gasteiger partial charge on any atom is 0.320 e. The Balaban J connectivity index is 1.69. The van der Waals surface area contributed by atoms with E-state index in [4.69, 9.17) is 0 Å². The molecule has 0 spiro atoms. The Labute approximate surface area is 129 Å². The summed E-state index contributed by atoms with van der Waals surface area (Å²) in [6, 6.07) is 1.85. The molecule has 0 fully saturated rings. The van der Waals surface area contributed by atoms with Crippen LogP contribution in [0.25, 0.3) is 0 Å². The largest absolute Gasteiger partial charge is 0.330 e. The minimum Gasteiger partial charge on any atom is -0.330 e. The first-order valence-electron chi connectivity index (χ1n) is 7.51. The van der Waals surface area contributed by atoms with E-state index in [1.165, 1.54) is 0 Å². The molecule has 0 aromatic carbocycles. The van der Waals surface area contributed by atoms with E-state index in [2.05, 4.69) is 32.2 Å². The lowest BCUT2D eigenvalue weighted by molar-refractivity contribution is 0.247. The second kappa shape index (κ2) is 5.15. The molecule has 1 aliphatic rings. The van der Waals surface area contributed by atoms with Gasteiger partial charge in [0.05, 0.1) is 17.8 Å². The highest BCUT2D eigenvalue weighted by molar-refractivity contribution is 5.88. The zero-order valence-corrected chi connectivity index (χ0v) is 13.4. The molecular formula is C15H22N6O. The van der Waals surface area contributed by atoms with Gasteiger partial charge < -0.3 is 9.88 Å². The SMILES string of the molecule is CC1CC(NC(=O)Nc2ccnn2C(C)(C)C)c2nccn21. The van der Waals surface area contributed by atoms with Crippen molar-refractivity contribution in [3.8, 4) is 0 Å². The maximum absolute atomic E-state index is 12.3. The van der Waals surface area contributed by atoms with Crippen LogP contribution in [0.5, 0.6) is 0 Å². The van der Waals surface area contributed by atoms with E-state index in [1.54, 1.807) is 23.1 Å². The van der Waals surface area contributed by atoms with Crippen molar-refractivity contribution in [1.82, 2.24) is 24.6 Å². The highest BCUT2D eigenvalue weighted by atomic mass is 16.2. The van der Waals surface area contributed by atoms with Gasteiger partial charge in [0.25, 0.3) is 0 Å². The molecule has 0 saturated heterocycles. The Hall–Kier alpha value is -2.31. The standard InChI is InChI=1S/C15H22N6O/c1-10-9-11(13-16-7-8-20(10)13)18-14(22)19-12-5-6-17-21(12)15(2,3)4/h5-8,10-11H,9H2,1-4H3,(H2,18,19,22). The van der Waals surface area contributed by atoms with Crippen LogP contribution >= 0.6 is 0 Å². The number of hydrogen-bond donors (Lipinski definition) is 2. The second-order valence-electron chi connectivity index (χ2n) is 6.73. The van der Waals surface area contributed by atoms with E-state index in [1.807, 2.05) is 27.0 Å². The number of nitrogens with one attached hydrogen (secondary N) is 2. The number of amides is 2. The molecular weight excluding hydrogens is 280 g/mol. The summed E-state index contributed by atoms with van der Waals surface area (Å²) in [4.78, 5) is 16.6. The fraction of sp³-hybridized carbons (Fsp3) is 0.533. The molecule has 2 aromatic rings. The van der Waals surface area contributed by atoms with Gasteiger partial charge in [0, 0.05) is 24.5 Å². The number of urea groups is 1. The van der Waals surface area contributed by atoms with E-state index in [9.17, 15) is 4.79 Å². The van der Waals surface area contributed by atoms with E-state index in [0.717, 1.165) is 12.2 Å². The van der Waals surface area contributed by atoms with Crippen LogP contribution in [-0.2, 0) is 5.54 Å². The van der Waals surface area contributed by atoms with Crippen molar-refractivity contribution in [3.63, 3.8) is 0 Å². The average Bonchev–Trinajstić information content (AvgIpc) is 3.08. The lowest BCUT2D eigenvalue weighted by atomic mass is 10.1. The molecule has 2 aromatic heterocycles. The summed E-state index contributed by atoms with van der Waals surface area (Å²) in [5.41, 5.74) is -0.190. The van der Waals surface area contributed by atoms with Crippen molar-refractivity contribution in [2.75, 3.05) is 5.32 Å². The van der Waals surface area contributed by atoms with E-state index < -0.39 is 0 Å². The molecule has 2 amide bonds. The van der Waals surface area contributed by atoms with E-state index >= 15 is 0 Å². The van der Waals surface area contributed by atoms with Crippen LogP contribution < -0.4 is 10.6 Å². The summed E-state index contributed by atoms with van der Waals surface area (Å²) in [5.74, 6) is 1.59. The number of carbonyl (C=O) groups excluding carboxylic acids is 1. The van der Waals surface area contributed by atoms with Gasteiger partial charge in [-0.25, -0.2) is 14.5 Å². The van der Waals surface area contributed by atoms with E-state index in [-0.39, 0.29) is 17.6 Å². The molecule has 3 heterocycles. The van der Waals surface area contributed by atoms with Crippen molar-refractivity contribution < 1.29 is 4.79 Å². The Morgan fingerprint density at radius 3 is 2.86 bits per heavy atom. The number of anilines is 1. The quantitative estimate of drug-likeness (QED) is 0.895. The van der Waals surface area contributed by atoms with Crippen molar-refractivity contribution >= 4 is 11.8 Å². The topological polar surface area (TPSA) is 76.8 Å². The zero-order valence-electron chi connectivity index (χ0n) is 13.4. The molecule has 0 bridgehead atoms. The Morgan fingerprint density at radius 1 is 1.36 bits per heavy atom. The summed E-state index contributed by atoms with van der Waals surface area (Å²) in [5, 5.41) is 10.1. The molecule has 2 atom stereocenters. The monoisotopic (exact) mass is 302 g/mol. The zero-order chi connectivity index (χ0) is 15.9. The lowest BCUT2D eigenvalue weighted by Crippen LogP contribution is -2.34. The molecule has 118 valence electrons. The number of fused-ring (bicyclic) bond motifs is 1. The fourth-order valence-electron chi connectivity index (χ4n) is 2.89. The Morgan fingerprint density at radius 2 is 2.14 bits per heavy atom. The molecule has 0 radical (unpaired) electrons. The number of nitrogens with zero attached hydrogens (tertiary/aromatic N) is 4. The van der Waals surface area contributed by atoms with Crippen molar-refractivity contribution in [2.45, 2.75) is 51.7 Å². The van der Waals surface area contributed by atoms with Crippen LogP contribution in [0.15, 0.2) is 24.7 Å². The Kier molecular flexibility index (Phi) is 3.42. The van der Waals surface area contributed by atoms with Gasteiger partial charge in [-0.3, -0.25) is 5.32 Å². The summed E-state index contributed by atoms with van der Waals surface area (Å²) < 4.78 is 3.90. The molecule has 22 heavy (non-hydrogen) atoms. The van der Waals surface area contributed by atoms with Gasteiger partial charge in [-0.15, -0.1) is 0 Å². The maximum atomic E-state index is 12.3. The van der Waals surface area contributed by atoms with Gasteiger partial charge in [-0.05, 0) is 34.1 Å². The predicted octanol–water partition coefficient (Wildman–Crippen LogP) is 2.66. The van der Waals surface area contributed by atoms with Crippen LogP contribution in [0.3, 0.4) is 0 Å². The fourth-order valence-corrected chi connectivity index (χ4v) is 2.89. The normalized spacial score (nSPS) is 20.7. The van der Waals surface area contributed by atoms with Crippen LogP contribution in [0, 0.1) is 0 Å². The lowest BCUT2D eigenvalue weighted by Gasteiger charge is -2.22. The molecule has 7 nitrogen and oxygen atoms in total. The molecule has 3 rings (SSSR count). The highest BCUT2D eigenvalue weighted by Gasteiger charge is 2.30. The minimum atomic E-state index is -0.236. The number of aromatic nitrogens is 4. The summed E-state index contributed by atoms with van der Waals surface area (Å²) in [6.45, 7) is 8.25. The van der Waals surface area contributed by atoms with Gasteiger partial charge in [0.15, 0.2) is 0 Å². The van der Waals surface area contributed by atoms with Gasteiger partial charge >= 0.3 is 6.03 Å². The summed E-state index contributed by atoms with van der Waals surface area (Å²) in [6.07, 6.45) is 6.26. The third kappa shape index (κ3) is 2.58. The van der Waals surface area contributed by atoms with Gasteiger partial charge in [-0.2, -0.15) is 5.10 Å². The molecule has 2 unspecified atom stereocenters. The summed E-state index contributed by atoms with van der Waals surface area (Å²) in [7, 11) is 0. The van der Waals surface area contributed by atoms with Crippen molar-refractivity contribution in [1.29, 1.82) is 0 Å². The highest BCUT2D eigenvalue weighted by Crippen LogP contribution is 2.32. The van der Waals surface area contributed by atoms with Gasteiger partial charge in [0.1, 0.15) is 11.6 Å². The second-order valence-corrected chi connectivity index (χ2v) is 6.73. The van der Waals surface area contributed by atoms with E-state index in [0.29, 0.717) is 11.9 Å². The third-order valence-electron chi connectivity index (χ3n) is 3.89. The first-order chi connectivity index (χ1) is 10.4. The number of rotatable bonds is 2. The van der Waals surface area contributed by atoms with Gasteiger partial charge in [0.2, 0.25) is 0 Å². The average molecular weight is 302 g/mol. The molecule has 7 heteroatoms. The minimum absolute atomic E-state index is 0.0593. The molecule has 0 saturated carbocycles. The molecule has 2 N–H and O–H groups in total. The first-order valence-corrected chi connectivity index (χ1v) is 7.51. The molecule has 0 aliphatic carbocycles. The number of hydrogen-bond acceptors (Lipinski definition) is 3. The van der Waals surface area contributed by atoms with Crippen LogP contribution in [-0.4, -0.2) is 25.4 Å². The van der Waals surface area contributed by atoms with Gasteiger partial charge in [-0.1, -0.05) is 0 Å². The Bertz CT molecular complexity index is 680. The smallest absolute Gasteiger partial charge is 0.320 e. The van der Waals surface area contributed by atoms with Crippen LogP contribution in [0.4, 0.5) is 10.6 Å². The number of carbonyl (C=O) groups is 1. The predicted molar refractivity (Wildman–Crippen MR) is 83.7 cm³/mol. The number of imidazole rings is 1. The third-order valence-corrected chi connectivity index (χ3v) is 3.89. The van der Waals surface area contributed by atoms with Crippen LogP contribution in [0.2, 0.25) is 0 Å². The first kappa shape index (κ1) is 14.6.